The second-order valence-corrected chi connectivity index (χ2v) is 6.50. The number of methoxy groups -OCH3 is 1. The van der Waals surface area contributed by atoms with Crippen molar-refractivity contribution in [1.29, 1.82) is 0 Å². The summed E-state index contributed by atoms with van der Waals surface area (Å²) in [5.74, 6) is 0.343. The summed E-state index contributed by atoms with van der Waals surface area (Å²) < 4.78 is 10.2. The third-order valence-corrected chi connectivity index (χ3v) is 4.69. The van der Waals surface area contributed by atoms with Crippen LogP contribution in [0, 0.1) is 6.92 Å². The standard InChI is InChI=1S/C19H18N2O4S/c1-12-16(19(23)24-2)9-15(25-12)10-20-17(22)8-14-11-26-18(21-14)13-6-4-3-5-7-13/h3-7,9,11H,8,10H2,1-2H3,(H,20,22). The van der Waals surface area contributed by atoms with Gasteiger partial charge in [0.25, 0.3) is 0 Å². The molecule has 3 rings (SSSR count). The smallest absolute Gasteiger partial charge is 0.341 e. The molecule has 3 aromatic rings. The fraction of sp³-hybridized carbons (Fsp3) is 0.211. The van der Waals surface area contributed by atoms with Crippen LogP contribution in [0.5, 0.6) is 0 Å². The van der Waals surface area contributed by atoms with E-state index in [0.717, 1.165) is 16.3 Å². The van der Waals surface area contributed by atoms with Gasteiger partial charge in [-0.25, -0.2) is 9.78 Å². The summed E-state index contributed by atoms with van der Waals surface area (Å²) in [4.78, 5) is 28.2. The number of hydrogen-bond donors (Lipinski definition) is 1. The van der Waals surface area contributed by atoms with Crippen LogP contribution in [0.4, 0.5) is 0 Å². The summed E-state index contributed by atoms with van der Waals surface area (Å²) in [5, 5.41) is 5.54. The van der Waals surface area contributed by atoms with Gasteiger partial charge >= 0.3 is 5.97 Å². The van der Waals surface area contributed by atoms with E-state index >= 15 is 0 Å². The number of carbonyl (C=O) groups is 2. The molecule has 0 aliphatic rings. The first-order valence-corrected chi connectivity index (χ1v) is 8.89. The lowest BCUT2D eigenvalue weighted by Crippen LogP contribution is -2.24. The maximum atomic E-state index is 12.1. The van der Waals surface area contributed by atoms with Crippen molar-refractivity contribution >= 4 is 23.2 Å². The second kappa shape index (κ2) is 7.97. The zero-order valence-electron chi connectivity index (χ0n) is 14.4. The maximum Gasteiger partial charge on any atom is 0.341 e. The molecule has 2 aromatic heterocycles. The highest BCUT2D eigenvalue weighted by Gasteiger charge is 2.16. The van der Waals surface area contributed by atoms with Gasteiger partial charge in [0.1, 0.15) is 22.1 Å². The molecule has 7 heteroatoms. The summed E-state index contributed by atoms with van der Waals surface area (Å²) in [7, 11) is 1.31. The van der Waals surface area contributed by atoms with Gasteiger partial charge in [-0.05, 0) is 13.0 Å². The molecule has 1 aromatic carbocycles. The molecule has 0 atom stereocenters. The molecule has 0 bridgehead atoms. The SMILES string of the molecule is COC(=O)c1cc(CNC(=O)Cc2csc(-c3ccccc3)n2)oc1C. The van der Waals surface area contributed by atoms with Crippen molar-refractivity contribution in [2.75, 3.05) is 7.11 Å². The van der Waals surface area contributed by atoms with E-state index in [1.807, 2.05) is 35.7 Å². The van der Waals surface area contributed by atoms with Gasteiger partial charge in [0.15, 0.2) is 0 Å². The summed E-state index contributed by atoms with van der Waals surface area (Å²) in [6, 6.07) is 11.4. The summed E-state index contributed by atoms with van der Waals surface area (Å²) >= 11 is 1.51. The first-order valence-electron chi connectivity index (χ1n) is 8.01. The quantitative estimate of drug-likeness (QED) is 0.673. The molecule has 0 saturated carbocycles. The number of thiazole rings is 1. The fourth-order valence-corrected chi connectivity index (χ4v) is 3.28. The normalized spacial score (nSPS) is 10.5. The number of nitrogens with one attached hydrogen (secondary N) is 1. The lowest BCUT2D eigenvalue weighted by atomic mass is 10.2. The van der Waals surface area contributed by atoms with Crippen LogP contribution < -0.4 is 5.32 Å². The minimum absolute atomic E-state index is 0.163. The topological polar surface area (TPSA) is 81.4 Å². The van der Waals surface area contributed by atoms with Crippen LogP contribution in [0.15, 0.2) is 46.2 Å². The number of esters is 1. The minimum atomic E-state index is -0.459. The van der Waals surface area contributed by atoms with Crippen LogP contribution in [0.3, 0.4) is 0 Å². The van der Waals surface area contributed by atoms with Crippen LogP contribution in [-0.2, 0) is 22.5 Å². The molecule has 1 N–H and O–H groups in total. The Balaban J connectivity index is 1.57. The molecule has 26 heavy (non-hydrogen) atoms. The highest BCUT2D eigenvalue weighted by atomic mass is 32.1. The average molecular weight is 370 g/mol. The monoisotopic (exact) mass is 370 g/mol. The van der Waals surface area contributed by atoms with Gasteiger partial charge < -0.3 is 14.5 Å². The maximum absolute atomic E-state index is 12.1. The summed E-state index contributed by atoms with van der Waals surface area (Å²) in [6.45, 7) is 1.88. The van der Waals surface area contributed by atoms with Crippen molar-refractivity contribution in [2.45, 2.75) is 19.9 Å². The van der Waals surface area contributed by atoms with Gasteiger partial charge in [0, 0.05) is 10.9 Å². The molecule has 134 valence electrons. The Hall–Kier alpha value is -2.93. The minimum Gasteiger partial charge on any atom is -0.465 e. The van der Waals surface area contributed by atoms with Crippen LogP contribution in [0.2, 0.25) is 0 Å². The Kier molecular flexibility index (Phi) is 5.48. The first-order chi connectivity index (χ1) is 12.6. The van der Waals surface area contributed by atoms with Gasteiger partial charge in [-0.15, -0.1) is 11.3 Å². The van der Waals surface area contributed by atoms with Crippen LogP contribution in [0.1, 0.15) is 27.6 Å². The average Bonchev–Trinajstić information content (AvgIpc) is 3.26. The van der Waals surface area contributed by atoms with E-state index in [2.05, 4.69) is 15.0 Å². The number of nitrogens with zero attached hydrogens (tertiary/aromatic N) is 1. The lowest BCUT2D eigenvalue weighted by molar-refractivity contribution is -0.120. The molecule has 0 spiro atoms. The number of benzene rings is 1. The predicted octanol–water partition coefficient (Wildman–Crippen LogP) is 3.36. The van der Waals surface area contributed by atoms with Gasteiger partial charge in [0.2, 0.25) is 5.91 Å². The number of aromatic nitrogens is 1. The third kappa shape index (κ3) is 4.18. The number of hydrogen-bond acceptors (Lipinski definition) is 6. The highest BCUT2D eigenvalue weighted by molar-refractivity contribution is 7.13. The first kappa shape index (κ1) is 17.9. The number of carbonyl (C=O) groups excluding carboxylic acids is 2. The van der Waals surface area contributed by atoms with Gasteiger partial charge in [0.05, 0.1) is 25.8 Å². The zero-order valence-corrected chi connectivity index (χ0v) is 15.3. The van der Waals surface area contributed by atoms with E-state index in [0.29, 0.717) is 17.1 Å². The molecule has 6 nitrogen and oxygen atoms in total. The van der Waals surface area contributed by atoms with E-state index < -0.39 is 5.97 Å². The zero-order chi connectivity index (χ0) is 18.5. The van der Waals surface area contributed by atoms with Crippen molar-refractivity contribution in [2.24, 2.45) is 0 Å². The number of amides is 1. The van der Waals surface area contributed by atoms with Crippen molar-refractivity contribution in [3.63, 3.8) is 0 Å². The van der Waals surface area contributed by atoms with Crippen molar-refractivity contribution < 1.29 is 18.7 Å². The Morgan fingerprint density at radius 3 is 2.77 bits per heavy atom. The van der Waals surface area contributed by atoms with Crippen molar-refractivity contribution in [3.05, 3.63) is 64.6 Å². The van der Waals surface area contributed by atoms with Gasteiger partial charge in [-0.1, -0.05) is 30.3 Å². The molecule has 0 fully saturated rings. The third-order valence-electron chi connectivity index (χ3n) is 3.75. The number of rotatable bonds is 6. The highest BCUT2D eigenvalue weighted by Crippen LogP contribution is 2.23. The van der Waals surface area contributed by atoms with E-state index in [4.69, 9.17) is 4.42 Å². The van der Waals surface area contributed by atoms with Crippen molar-refractivity contribution in [1.82, 2.24) is 10.3 Å². The fourth-order valence-electron chi connectivity index (χ4n) is 2.46. The molecule has 0 radical (unpaired) electrons. The molecule has 0 aliphatic heterocycles. The molecule has 0 aliphatic carbocycles. The van der Waals surface area contributed by atoms with Gasteiger partial charge in [-0.3, -0.25) is 4.79 Å². The molecule has 2 heterocycles. The number of aryl methyl sites for hydroxylation is 1. The van der Waals surface area contributed by atoms with E-state index in [9.17, 15) is 9.59 Å². The Labute approximate surface area is 154 Å². The van der Waals surface area contributed by atoms with Crippen molar-refractivity contribution in [3.8, 4) is 10.6 Å². The Bertz CT molecular complexity index is 915. The van der Waals surface area contributed by atoms with Crippen LogP contribution in [0.25, 0.3) is 10.6 Å². The van der Waals surface area contributed by atoms with Gasteiger partial charge in [-0.2, -0.15) is 0 Å². The molecule has 1 amide bonds. The van der Waals surface area contributed by atoms with Crippen LogP contribution >= 0.6 is 11.3 Å². The molecule has 0 unspecified atom stereocenters. The Morgan fingerprint density at radius 2 is 2.04 bits per heavy atom. The van der Waals surface area contributed by atoms with E-state index in [1.165, 1.54) is 18.4 Å². The largest absolute Gasteiger partial charge is 0.465 e. The number of furan rings is 1. The van der Waals surface area contributed by atoms with Crippen LogP contribution in [-0.4, -0.2) is 24.0 Å². The second-order valence-electron chi connectivity index (χ2n) is 5.64. The summed E-state index contributed by atoms with van der Waals surface area (Å²) in [6.07, 6.45) is 0.187. The number of ether oxygens (including phenoxy) is 1. The predicted molar refractivity (Wildman–Crippen MR) is 97.9 cm³/mol. The molecule has 0 saturated heterocycles. The molecular formula is C19H18N2O4S. The van der Waals surface area contributed by atoms with E-state index in [1.54, 1.807) is 13.0 Å². The Morgan fingerprint density at radius 1 is 1.27 bits per heavy atom. The lowest BCUT2D eigenvalue weighted by Gasteiger charge is -2.01. The summed E-state index contributed by atoms with van der Waals surface area (Å²) in [5.41, 5.74) is 2.12. The van der Waals surface area contributed by atoms with E-state index in [-0.39, 0.29) is 18.9 Å². The molecular weight excluding hydrogens is 352 g/mol.